The zero-order valence-electron chi connectivity index (χ0n) is 10.1. The van der Waals surface area contributed by atoms with E-state index in [0.29, 0.717) is 11.5 Å². The van der Waals surface area contributed by atoms with Gasteiger partial charge in [-0.25, -0.2) is 0 Å². The molecule has 0 aromatic heterocycles. The standard InChI is InChI=1S/C13H19N2S/c1-16(2)10-13(12(8-14)9-15)11-6-4-3-5-7-11/h11H,3-7,10H2,1-2H3/q+1. The zero-order chi connectivity index (χ0) is 12.0. The molecule has 0 aromatic rings. The first-order valence-corrected chi connectivity index (χ1v) is 7.97. The maximum absolute atomic E-state index is 9.01. The van der Waals surface area contributed by atoms with Crippen LogP contribution in [0, 0.1) is 28.6 Å². The van der Waals surface area contributed by atoms with Gasteiger partial charge in [0.25, 0.3) is 0 Å². The van der Waals surface area contributed by atoms with Gasteiger partial charge >= 0.3 is 0 Å². The highest BCUT2D eigenvalue weighted by molar-refractivity contribution is 7.95. The van der Waals surface area contributed by atoms with Crippen molar-refractivity contribution in [3.8, 4) is 12.1 Å². The van der Waals surface area contributed by atoms with Crippen LogP contribution in [0.4, 0.5) is 0 Å². The Morgan fingerprint density at radius 3 is 2.12 bits per heavy atom. The Bertz CT molecular complexity index is 322. The molecule has 0 bridgehead atoms. The van der Waals surface area contributed by atoms with Crippen LogP contribution in [-0.2, 0) is 10.9 Å². The summed E-state index contributed by atoms with van der Waals surface area (Å²) in [6.07, 6.45) is 10.5. The summed E-state index contributed by atoms with van der Waals surface area (Å²) in [6.45, 7) is 0. The normalized spacial score (nSPS) is 16.6. The molecule has 0 radical (unpaired) electrons. The molecule has 3 heteroatoms. The van der Waals surface area contributed by atoms with Crippen LogP contribution in [0.5, 0.6) is 0 Å². The largest absolute Gasteiger partial charge is 0.192 e. The lowest BCUT2D eigenvalue weighted by molar-refractivity contribution is 0.403. The Hall–Kier alpha value is -0.930. The second-order valence-electron chi connectivity index (χ2n) is 4.59. The highest BCUT2D eigenvalue weighted by Crippen LogP contribution is 2.31. The third-order valence-corrected chi connectivity index (χ3v) is 3.98. The van der Waals surface area contributed by atoms with Crippen LogP contribution in [-0.4, -0.2) is 18.3 Å². The average Bonchev–Trinajstić information content (AvgIpc) is 2.30. The van der Waals surface area contributed by atoms with Crippen molar-refractivity contribution in [2.75, 3.05) is 18.3 Å². The molecule has 1 saturated carbocycles. The lowest BCUT2D eigenvalue weighted by Gasteiger charge is -2.23. The average molecular weight is 235 g/mol. The lowest BCUT2D eigenvalue weighted by Crippen LogP contribution is -2.17. The molecule has 0 saturated heterocycles. The minimum absolute atomic E-state index is 0.269. The van der Waals surface area contributed by atoms with E-state index in [1.807, 2.05) is 0 Å². The predicted octanol–water partition coefficient (Wildman–Crippen LogP) is 2.79. The van der Waals surface area contributed by atoms with Crippen LogP contribution in [0.3, 0.4) is 0 Å². The maximum Gasteiger partial charge on any atom is 0.133 e. The second kappa shape index (κ2) is 6.61. The molecule has 2 nitrogen and oxygen atoms in total. The van der Waals surface area contributed by atoms with E-state index in [9.17, 15) is 0 Å². The second-order valence-corrected chi connectivity index (χ2v) is 6.85. The van der Waals surface area contributed by atoms with Crippen molar-refractivity contribution < 1.29 is 0 Å². The molecule has 1 aliphatic carbocycles. The fraction of sp³-hybridized carbons (Fsp3) is 0.692. The van der Waals surface area contributed by atoms with E-state index in [2.05, 4.69) is 24.6 Å². The molecule has 0 aromatic carbocycles. The summed E-state index contributed by atoms with van der Waals surface area (Å²) < 4.78 is 0. The molecule has 1 fully saturated rings. The highest BCUT2D eigenvalue weighted by Gasteiger charge is 2.24. The van der Waals surface area contributed by atoms with Gasteiger partial charge in [0.1, 0.15) is 23.5 Å². The van der Waals surface area contributed by atoms with Gasteiger partial charge in [0, 0.05) is 5.57 Å². The first-order valence-electron chi connectivity index (χ1n) is 5.76. The molecular formula is C13H19N2S+. The third kappa shape index (κ3) is 3.58. The first-order chi connectivity index (χ1) is 7.69. The first kappa shape index (κ1) is 13.1. The van der Waals surface area contributed by atoms with E-state index in [4.69, 9.17) is 10.5 Å². The minimum Gasteiger partial charge on any atom is -0.192 e. The van der Waals surface area contributed by atoms with Crippen molar-refractivity contribution in [2.45, 2.75) is 32.1 Å². The quantitative estimate of drug-likeness (QED) is 0.558. The monoisotopic (exact) mass is 235 g/mol. The van der Waals surface area contributed by atoms with Gasteiger partial charge in [0.2, 0.25) is 0 Å². The molecule has 1 aliphatic rings. The van der Waals surface area contributed by atoms with Gasteiger partial charge in [0.15, 0.2) is 0 Å². The molecule has 0 atom stereocenters. The molecule has 0 spiro atoms. The third-order valence-electron chi connectivity index (χ3n) is 3.09. The number of hydrogen-bond acceptors (Lipinski definition) is 2. The van der Waals surface area contributed by atoms with E-state index in [0.717, 1.165) is 11.3 Å². The van der Waals surface area contributed by atoms with Gasteiger partial charge in [-0.1, -0.05) is 19.3 Å². The molecule has 16 heavy (non-hydrogen) atoms. The summed E-state index contributed by atoms with van der Waals surface area (Å²) in [5.41, 5.74) is 1.52. The van der Waals surface area contributed by atoms with Gasteiger partial charge in [-0.05, 0) is 29.7 Å². The molecule has 0 unspecified atom stereocenters. The van der Waals surface area contributed by atoms with Crippen LogP contribution in [0.25, 0.3) is 0 Å². The lowest BCUT2D eigenvalue weighted by atomic mass is 9.83. The van der Waals surface area contributed by atoms with E-state index >= 15 is 0 Å². The topological polar surface area (TPSA) is 47.6 Å². The number of rotatable bonds is 3. The van der Waals surface area contributed by atoms with Gasteiger partial charge in [-0.15, -0.1) is 0 Å². The van der Waals surface area contributed by atoms with Crippen molar-refractivity contribution in [2.24, 2.45) is 5.92 Å². The van der Waals surface area contributed by atoms with E-state index < -0.39 is 0 Å². The molecule has 0 N–H and O–H groups in total. The van der Waals surface area contributed by atoms with Crippen molar-refractivity contribution >= 4 is 10.9 Å². The van der Waals surface area contributed by atoms with Gasteiger partial charge in [-0.2, -0.15) is 10.5 Å². The molecule has 0 heterocycles. The zero-order valence-corrected chi connectivity index (χ0v) is 10.9. The number of hydrogen-bond donors (Lipinski definition) is 0. The predicted molar refractivity (Wildman–Crippen MR) is 68.9 cm³/mol. The van der Waals surface area contributed by atoms with Gasteiger partial charge in [-0.3, -0.25) is 0 Å². The smallest absolute Gasteiger partial charge is 0.133 e. The van der Waals surface area contributed by atoms with Crippen molar-refractivity contribution in [1.82, 2.24) is 0 Å². The van der Waals surface area contributed by atoms with Crippen molar-refractivity contribution in [3.05, 3.63) is 11.1 Å². The van der Waals surface area contributed by atoms with Crippen LogP contribution in [0.2, 0.25) is 0 Å². The van der Waals surface area contributed by atoms with Crippen LogP contribution >= 0.6 is 0 Å². The van der Waals surface area contributed by atoms with E-state index in [1.54, 1.807) is 0 Å². The fourth-order valence-electron chi connectivity index (χ4n) is 2.32. The Morgan fingerprint density at radius 2 is 1.69 bits per heavy atom. The van der Waals surface area contributed by atoms with Crippen LogP contribution in [0.1, 0.15) is 32.1 Å². The van der Waals surface area contributed by atoms with Gasteiger partial charge < -0.3 is 0 Å². The van der Waals surface area contributed by atoms with Crippen LogP contribution < -0.4 is 0 Å². The molecule has 1 rings (SSSR count). The van der Waals surface area contributed by atoms with Crippen LogP contribution in [0.15, 0.2) is 11.1 Å². The number of nitrogens with zero attached hydrogens (tertiary/aromatic N) is 2. The molecule has 0 aliphatic heterocycles. The van der Waals surface area contributed by atoms with Gasteiger partial charge in [0.05, 0.1) is 12.5 Å². The summed E-state index contributed by atoms with van der Waals surface area (Å²) in [5, 5.41) is 18.0. The Morgan fingerprint density at radius 1 is 1.12 bits per heavy atom. The van der Waals surface area contributed by atoms with E-state index in [1.165, 1.54) is 32.1 Å². The fourth-order valence-corrected chi connectivity index (χ4v) is 3.33. The Balaban J connectivity index is 2.91. The summed E-state index contributed by atoms with van der Waals surface area (Å²) >= 11 is 0. The SMILES string of the molecule is C[S+](C)CC(=C(C#N)C#N)C1CCCCC1. The minimum atomic E-state index is 0.269. The maximum atomic E-state index is 9.01. The molecular weight excluding hydrogens is 216 g/mol. The highest BCUT2D eigenvalue weighted by atomic mass is 32.2. The number of allylic oxidation sites excluding steroid dienone is 1. The van der Waals surface area contributed by atoms with Crippen molar-refractivity contribution in [3.63, 3.8) is 0 Å². The van der Waals surface area contributed by atoms with E-state index in [-0.39, 0.29) is 10.9 Å². The summed E-state index contributed by atoms with van der Waals surface area (Å²) in [7, 11) is 0.269. The number of nitriles is 2. The molecule has 0 amide bonds. The Labute approximate surface area is 101 Å². The summed E-state index contributed by atoms with van der Waals surface area (Å²) in [5.74, 6) is 1.43. The molecule has 86 valence electrons. The summed E-state index contributed by atoms with van der Waals surface area (Å²) in [6, 6.07) is 4.15. The summed E-state index contributed by atoms with van der Waals surface area (Å²) in [4.78, 5) is 0. The van der Waals surface area contributed by atoms with Crippen molar-refractivity contribution in [1.29, 1.82) is 10.5 Å². The Kier molecular flexibility index (Phi) is 5.43.